The topological polar surface area (TPSA) is 63.2 Å². The number of nitrogens with one attached hydrogen (secondary N) is 1. The van der Waals surface area contributed by atoms with Gasteiger partial charge in [0, 0.05) is 49.0 Å². The summed E-state index contributed by atoms with van der Waals surface area (Å²) in [7, 11) is 0. The van der Waals surface area contributed by atoms with Gasteiger partial charge in [0.05, 0.1) is 29.6 Å². The lowest BCUT2D eigenvalue weighted by Gasteiger charge is -2.31. The lowest BCUT2D eigenvalue weighted by atomic mass is 10.1. The molecule has 0 saturated carbocycles. The molecule has 1 fully saturated rings. The summed E-state index contributed by atoms with van der Waals surface area (Å²) in [5.74, 6) is 0.543. The van der Waals surface area contributed by atoms with Crippen LogP contribution in [0.15, 0.2) is 55.1 Å². The molecular formula is C19H18ClN5O. The van der Waals surface area contributed by atoms with E-state index in [1.54, 1.807) is 30.9 Å². The molecule has 1 saturated heterocycles. The quantitative estimate of drug-likeness (QED) is 0.757. The van der Waals surface area contributed by atoms with Crippen molar-refractivity contribution in [2.45, 2.75) is 0 Å². The second-order valence-corrected chi connectivity index (χ2v) is 6.29. The molecule has 0 spiro atoms. The number of pyridine rings is 1. The van der Waals surface area contributed by atoms with E-state index in [-0.39, 0.29) is 0 Å². The second-order valence-electron chi connectivity index (χ2n) is 5.89. The molecule has 0 bridgehead atoms. The van der Waals surface area contributed by atoms with E-state index in [0.29, 0.717) is 24.2 Å². The fourth-order valence-electron chi connectivity index (χ4n) is 2.96. The Balaban J connectivity index is 1.78. The first-order valence-electron chi connectivity index (χ1n) is 8.42. The number of rotatable bonds is 4. The van der Waals surface area contributed by atoms with Crippen LogP contribution in [0.1, 0.15) is 0 Å². The molecule has 26 heavy (non-hydrogen) atoms. The van der Waals surface area contributed by atoms with Gasteiger partial charge in [-0.25, -0.2) is 9.97 Å². The highest BCUT2D eigenvalue weighted by molar-refractivity contribution is 6.34. The molecule has 0 amide bonds. The standard InChI is InChI=1S/C19H18ClN5O/c20-16-12-18(25-7-9-26-10-8-25)17(24-19-22-5-2-6-23-19)11-15(16)14-3-1-4-21-13-14/h1-6,11-13H,7-10H2,(H,22,23,24). The predicted molar refractivity (Wildman–Crippen MR) is 103 cm³/mol. The van der Waals surface area contributed by atoms with Crippen molar-refractivity contribution in [1.82, 2.24) is 15.0 Å². The number of hydrogen-bond acceptors (Lipinski definition) is 6. The zero-order valence-electron chi connectivity index (χ0n) is 14.1. The van der Waals surface area contributed by atoms with Crippen LogP contribution in [0, 0.1) is 0 Å². The van der Waals surface area contributed by atoms with E-state index in [0.717, 1.165) is 35.6 Å². The van der Waals surface area contributed by atoms with E-state index in [9.17, 15) is 0 Å². The van der Waals surface area contributed by atoms with Gasteiger partial charge in [-0.15, -0.1) is 0 Å². The third kappa shape index (κ3) is 3.61. The number of benzene rings is 1. The van der Waals surface area contributed by atoms with Gasteiger partial charge in [0.2, 0.25) is 5.95 Å². The van der Waals surface area contributed by atoms with Crippen molar-refractivity contribution in [3.63, 3.8) is 0 Å². The number of morpholine rings is 1. The third-order valence-electron chi connectivity index (χ3n) is 4.22. The van der Waals surface area contributed by atoms with E-state index in [1.807, 2.05) is 24.3 Å². The summed E-state index contributed by atoms with van der Waals surface area (Å²) < 4.78 is 5.47. The zero-order valence-corrected chi connectivity index (χ0v) is 14.9. The van der Waals surface area contributed by atoms with Crippen LogP contribution in [0.25, 0.3) is 11.1 Å². The highest BCUT2D eigenvalue weighted by Gasteiger charge is 2.18. The normalized spacial score (nSPS) is 14.3. The highest BCUT2D eigenvalue weighted by atomic mass is 35.5. The number of ether oxygens (including phenoxy) is 1. The van der Waals surface area contributed by atoms with E-state index >= 15 is 0 Å². The van der Waals surface area contributed by atoms with Crippen LogP contribution in [0.2, 0.25) is 5.02 Å². The highest BCUT2D eigenvalue weighted by Crippen LogP contribution is 2.38. The number of aromatic nitrogens is 3. The Morgan fingerprint density at radius 2 is 1.85 bits per heavy atom. The Labute approximate surface area is 156 Å². The fraction of sp³-hybridized carbons (Fsp3) is 0.211. The first kappa shape index (κ1) is 16.8. The summed E-state index contributed by atoms with van der Waals surface area (Å²) in [6.07, 6.45) is 6.97. The first-order valence-corrected chi connectivity index (χ1v) is 8.80. The first-order chi connectivity index (χ1) is 12.8. The molecule has 1 aliphatic rings. The number of nitrogens with zero attached hydrogens (tertiary/aromatic N) is 4. The van der Waals surface area contributed by atoms with Crippen molar-refractivity contribution in [3.05, 3.63) is 60.1 Å². The zero-order chi connectivity index (χ0) is 17.8. The smallest absolute Gasteiger partial charge is 0.227 e. The molecule has 2 aromatic heterocycles. The molecule has 0 aliphatic carbocycles. The molecule has 7 heteroatoms. The average Bonchev–Trinajstić information content (AvgIpc) is 2.71. The summed E-state index contributed by atoms with van der Waals surface area (Å²) in [4.78, 5) is 15.0. The molecule has 1 aliphatic heterocycles. The largest absolute Gasteiger partial charge is 0.378 e. The fourth-order valence-corrected chi connectivity index (χ4v) is 3.22. The van der Waals surface area contributed by atoms with Gasteiger partial charge in [-0.05, 0) is 24.3 Å². The molecule has 4 rings (SSSR count). The number of halogens is 1. The lowest BCUT2D eigenvalue weighted by molar-refractivity contribution is 0.123. The van der Waals surface area contributed by atoms with E-state index in [1.165, 1.54) is 0 Å². The van der Waals surface area contributed by atoms with Crippen LogP contribution < -0.4 is 10.2 Å². The van der Waals surface area contributed by atoms with E-state index in [2.05, 4.69) is 25.2 Å². The molecule has 0 unspecified atom stereocenters. The van der Waals surface area contributed by atoms with Gasteiger partial charge < -0.3 is 15.0 Å². The molecule has 1 N–H and O–H groups in total. The van der Waals surface area contributed by atoms with Crippen molar-refractivity contribution in [1.29, 1.82) is 0 Å². The van der Waals surface area contributed by atoms with Crippen molar-refractivity contribution >= 4 is 28.9 Å². The van der Waals surface area contributed by atoms with Crippen LogP contribution in [-0.2, 0) is 4.74 Å². The monoisotopic (exact) mass is 367 g/mol. The molecule has 132 valence electrons. The molecule has 3 aromatic rings. The minimum Gasteiger partial charge on any atom is -0.378 e. The van der Waals surface area contributed by atoms with E-state index < -0.39 is 0 Å². The maximum absolute atomic E-state index is 6.61. The third-order valence-corrected chi connectivity index (χ3v) is 4.53. The number of anilines is 3. The minimum absolute atomic E-state index is 0.543. The Bertz CT molecular complexity index is 870. The Kier molecular flexibility index (Phi) is 4.95. The van der Waals surface area contributed by atoms with Gasteiger partial charge in [-0.2, -0.15) is 0 Å². The van der Waals surface area contributed by atoms with Crippen molar-refractivity contribution in [3.8, 4) is 11.1 Å². The molecule has 6 nitrogen and oxygen atoms in total. The van der Waals surface area contributed by atoms with Gasteiger partial charge in [-0.3, -0.25) is 4.98 Å². The Morgan fingerprint density at radius 1 is 1.04 bits per heavy atom. The maximum atomic E-state index is 6.61. The Hall–Kier alpha value is -2.70. The SMILES string of the molecule is Clc1cc(N2CCOCC2)c(Nc2ncccn2)cc1-c1cccnc1. The molecule has 0 atom stereocenters. The summed E-state index contributed by atoms with van der Waals surface area (Å²) in [6.45, 7) is 3.02. The average molecular weight is 368 g/mol. The Morgan fingerprint density at radius 3 is 2.58 bits per heavy atom. The predicted octanol–water partition coefficient (Wildman–Crippen LogP) is 3.77. The maximum Gasteiger partial charge on any atom is 0.227 e. The molecular weight excluding hydrogens is 350 g/mol. The van der Waals surface area contributed by atoms with Crippen LogP contribution in [0.3, 0.4) is 0 Å². The lowest BCUT2D eigenvalue weighted by Crippen LogP contribution is -2.36. The van der Waals surface area contributed by atoms with Crippen LogP contribution >= 0.6 is 11.6 Å². The van der Waals surface area contributed by atoms with Gasteiger partial charge in [0.15, 0.2) is 0 Å². The minimum atomic E-state index is 0.543. The van der Waals surface area contributed by atoms with Crippen LogP contribution in [0.5, 0.6) is 0 Å². The summed E-state index contributed by atoms with van der Waals surface area (Å²) in [6, 6.07) is 9.69. The van der Waals surface area contributed by atoms with Gasteiger partial charge in [0.25, 0.3) is 0 Å². The number of hydrogen-bond donors (Lipinski definition) is 1. The van der Waals surface area contributed by atoms with Crippen molar-refractivity contribution in [2.24, 2.45) is 0 Å². The van der Waals surface area contributed by atoms with Crippen LogP contribution in [0.4, 0.5) is 17.3 Å². The second kappa shape index (κ2) is 7.68. The summed E-state index contributed by atoms with van der Waals surface area (Å²) in [5, 5.41) is 4.00. The van der Waals surface area contributed by atoms with Gasteiger partial charge >= 0.3 is 0 Å². The van der Waals surface area contributed by atoms with Crippen molar-refractivity contribution < 1.29 is 4.74 Å². The summed E-state index contributed by atoms with van der Waals surface area (Å²) in [5.41, 5.74) is 3.79. The molecule has 1 aromatic carbocycles. The van der Waals surface area contributed by atoms with Crippen molar-refractivity contribution in [2.75, 3.05) is 36.5 Å². The van der Waals surface area contributed by atoms with Gasteiger partial charge in [-0.1, -0.05) is 17.7 Å². The summed E-state index contributed by atoms with van der Waals surface area (Å²) >= 11 is 6.61. The van der Waals surface area contributed by atoms with Gasteiger partial charge in [0.1, 0.15) is 0 Å². The molecule has 0 radical (unpaired) electrons. The van der Waals surface area contributed by atoms with E-state index in [4.69, 9.17) is 16.3 Å². The molecule has 3 heterocycles. The van der Waals surface area contributed by atoms with Crippen LogP contribution in [-0.4, -0.2) is 41.3 Å².